The quantitative estimate of drug-likeness (QED) is 0.594. The molecule has 3 aliphatic rings. The third-order valence-corrected chi connectivity index (χ3v) is 5.61. The zero-order chi connectivity index (χ0) is 15.7. The van der Waals surface area contributed by atoms with E-state index in [9.17, 15) is 9.59 Å². The highest BCUT2D eigenvalue weighted by Gasteiger charge is 2.45. The number of hydrogen-bond acceptors (Lipinski definition) is 5. The van der Waals surface area contributed by atoms with Crippen LogP contribution in [0.3, 0.4) is 0 Å². The lowest BCUT2D eigenvalue weighted by molar-refractivity contribution is -0.132. The number of ketones is 2. The fourth-order valence-electron chi connectivity index (χ4n) is 3.08. The van der Waals surface area contributed by atoms with Crippen LogP contribution in [-0.2, 0) is 14.3 Å². The van der Waals surface area contributed by atoms with E-state index in [0.717, 1.165) is 31.7 Å². The van der Waals surface area contributed by atoms with Crippen molar-refractivity contribution in [1.29, 1.82) is 0 Å². The summed E-state index contributed by atoms with van der Waals surface area (Å²) in [4.78, 5) is 25.1. The van der Waals surface area contributed by atoms with Crippen LogP contribution in [0.25, 0.3) is 0 Å². The van der Waals surface area contributed by atoms with Gasteiger partial charge in [-0.3, -0.25) is 9.59 Å². The van der Waals surface area contributed by atoms with E-state index in [1.807, 2.05) is 13.0 Å². The van der Waals surface area contributed by atoms with Crippen LogP contribution in [0.5, 0.6) is 0 Å². The molecule has 5 heteroatoms. The highest BCUT2D eigenvalue weighted by atomic mass is 32.2. The van der Waals surface area contributed by atoms with Crippen molar-refractivity contribution < 1.29 is 14.3 Å². The summed E-state index contributed by atoms with van der Waals surface area (Å²) in [6.07, 6.45) is 6.80. The summed E-state index contributed by atoms with van der Waals surface area (Å²) in [7, 11) is 0. The molecule has 0 bridgehead atoms. The first-order valence-electron chi connectivity index (χ1n) is 7.47. The number of ether oxygens (including phenoxy) is 1. The Hall–Kier alpha value is -1.59. The number of piperidine rings is 1. The van der Waals surface area contributed by atoms with Gasteiger partial charge in [-0.25, -0.2) is 0 Å². The van der Waals surface area contributed by atoms with Crippen molar-refractivity contribution in [3.63, 3.8) is 0 Å². The monoisotopic (exact) mass is 317 g/mol. The zero-order valence-electron chi connectivity index (χ0n) is 12.6. The van der Waals surface area contributed by atoms with E-state index in [2.05, 4.69) is 11.9 Å². The number of hydrogen-bond donors (Lipinski definition) is 1. The van der Waals surface area contributed by atoms with Gasteiger partial charge in [0.1, 0.15) is 16.3 Å². The molecule has 2 aliphatic heterocycles. The lowest BCUT2D eigenvalue weighted by atomic mass is 9.88. The minimum Gasteiger partial charge on any atom is -0.484 e. The van der Waals surface area contributed by atoms with E-state index in [1.54, 1.807) is 6.08 Å². The van der Waals surface area contributed by atoms with Crippen molar-refractivity contribution in [1.82, 2.24) is 5.32 Å². The average Bonchev–Trinajstić information content (AvgIpc) is 2.53. The van der Waals surface area contributed by atoms with Gasteiger partial charge < -0.3 is 10.1 Å². The lowest BCUT2D eigenvalue weighted by Crippen LogP contribution is -2.48. The fourth-order valence-corrected chi connectivity index (χ4v) is 4.34. The van der Waals surface area contributed by atoms with Crippen LogP contribution in [0.1, 0.15) is 19.8 Å². The minimum atomic E-state index is -0.468. The Kier molecular flexibility index (Phi) is 4.10. The number of allylic oxidation sites excluding steroid dienone is 5. The smallest absolute Gasteiger partial charge is 0.243 e. The Morgan fingerprint density at radius 1 is 1.23 bits per heavy atom. The normalized spacial score (nSPS) is 28.0. The van der Waals surface area contributed by atoms with E-state index < -0.39 is 11.6 Å². The van der Waals surface area contributed by atoms with Crippen LogP contribution in [0.4, 0.5) is 0 Å². The van der Waals surface area contributed by atoms with E-state index in [1.165, 1.54) is 17.8 Å². The number of Topliss-reactive ketones (excluding diaryl/α,β-unsaturated/α-hetero) is 2. The maximum atomic E-state index is 12.4. The molecule has 1 N–H and O–H groups in total. The molecule has 0 unspecified atom stereocenters. The van der Waals surface area contributed by atoms with E-state index in [0.29, 0.717) is 21.8 Å². The molecule has 2 heterocycles. The summed E-state index contributed by atoms with van der Waals surface area (Å²) >= 11 is 1.47. The Bertz CT molecular complexity index is 636. The molecule has 22 heavy (non-hydrogen) atoms. The van der Waals surface area contributed by atoms with Crippen molar-refractivity contribution in [3.8, 4) is 0 Å². The topological polar surface area (TPSA) is 55.4 Å². The molecule has 0 aromatic rings. The Balaban J connectivity index is 2.05. The van der Waals surface area contributed by atoms with Gasteiger partial charge in [0.05, 0.1) is 0 Å². The molecule has 4 nitrogen and oxygen atoms in total. The highest BCUT2D eigenvalue weighted by molar-refractivity contribution is 8.04. The summed E-state index contributed by atoms with van der Waals surface area (Å²) in [6, 6.07) is 0. The lowest BCUT2D eigenvalue weighted by Gasteiger charge is -2.43. The van der Waals surface area contributed by atoms with Gasteiger partial charge in [-0.15, -0.1) is 11.8 Å². The predicted octanol–water partition coefficient (Wildman–Crippen LogP) is 2.29. The largest absolute Gasteiger partial charge is 0.484 e. The third-order valence-electron chi connectivity index (χ3n) is 4.28. The fraction of sp³-hybridized carbons (Fsp3) is 0.412. The van der Waals surface area contributed by atoms with Crippen LogP contribution in [-0.4, -0.2) is 36.0 Å². The zero-order valence-corrected chi connectivity index (χ0v) is 13.4. The average molecular weight is 317 g/mol. The molecule has 0 radical (unpaired) electrons. The molecule has 0 amide bonds. The molecular formula is C17H19NO3S. The van der Waals surface area contributed by atoms with Gasteiger partial charge in [-0.05, 0) is 20.0 Å². The first-order valence-corrected chi connectivity index (χ1v) is 8.46. The number of carbonyl (C=O) groups excluding carboxylic acids is 2. The van der Waals surface area contributed by atoms with Gasteiger partial charge >= 0.3 is 0 Å². The molecule has 3 rings (SSSR count). The number of thioether (sulfide) groups is 1. The molecular weight excluding hydrogens is 298 g/mol. The van der Waals surface area contributed by atoms with E-state index in [4.69, 9.17) is 4.74 Å². The first kappa shape index (κ1) is 15.3. The second-order valence-corrected chi connectivity index (χ2v) is 6.64. The van der Waals surface area contributed by atoms with Crippen LogP contribution in [0.2, 0.25) is 0 Å². The van der Waals surface area contributed by atoms with Crippen molar-refractivity contribution in [2.45, 2.75) is 25.4 Å². The molecule has 116 valence electrons. The highest BCUT2D eigenvalue weighted by Crippen LogP contribution is 2.46. The summed E-state index contributed by atoms with van der Waals surface area (Å²) in [5.74, 6) is 0.384. The van der Waals surface area contributed by atoms with E-state index in [-0.39, 0.29) is 5.60 Å². The van der Waals surface area contributed by atoms with Crippen molar-refractivity contribution >= 4 is 23.3 Å². The summed E-state index contributed by atoms with van der Waals surface area (Å²) in [5.41, 5.74) is 0.862. The van der Waals surface area contributed by atoms with Crippen LogP contribution in [0, 0.1) is 0 Å². The van der Waals surface area contributed by atoms with Gasteiger partial charge in [-0.1, -0.05) is 24.8 Å². The molecule has 0 aromatic carbocycles. The Labute approximate surface area is 134 Å². The number of carbonyl (C=O) groups is 2. The summed E-state index contributed by atoms with van der Waals surface area (Å²) < 4.78 is 6.32. The van der Waals surface area contributed by atoms with Crippen LogP contribution in [0.15, 0.2) is 46.6 Å². The predicted molar refractivity (Wildman–Crippen MR) is 87.5 cm³/mol. The Morgan fingerprint density at radius 2 is 1.95 bits per heavy atom. The molecule has 0 aromatic heterocycles. The van der Waals surface area contributed by atoms with Gasteiger partial charge in [-0.2, -0.15) is 0 Å². The number of nitrogens with one attached hydrogen (secondary N) is 1. The molecule has 1 aliphatic carbocycles. The minimum absolute atomic E-state index is 0.233. The standard InChI is InChI=1S/C17H19NO3S/c1-3-5-12-11(4-2)15-16(14(20)13(12)19)22-10-17(21-15)6-8-18-9-7-17/h3-5,18H,1,6-10H2,2H3/b11-4+,12-5+. The SMILES string of the molecule is C=C/C=C1/C(=O)C(=O)C2=C(OC3(CCNCC3)CS2)/C1=C/C. The summed E-state index contributed by atoms with van der Waals surface area (Å²) in [5, 5.41) is 3.33. The second-order valence-electron chi connectivity index (χ2n) is 5.66. The van der Waals surface area contributed by atoms with Crippen LogP contribution >= 0.6 is 11.8 Å². The Morgan fingerprint density at radius 3 is 2.59 bits per heavy atom. The van der Waals surface area contributed by atoms with Crippen LogP contribution < -0.4 is 5.32 Å². The van der Waals surface area contributed by atoms with E-state index >= 15 is 0 Å². The summed E-state index contributed by atoms with van der Waals surface area (Å²) in [6.45, 7) is 7.32. The molecule has 1 saturated heterocycles. The molecule has 0 atom stereocenters. The van der Waals surface area contributed by atoms with Gasteiger partial charge in [0.25, 0.3) is 0 Å². The maximum absolute atomic E-state index is 12.4. The molecule has 1 fully saturated rings. The van der Waals surface area contributed by atoms with Crippen molar-refractivity contribution in [3.05, 3.63) is 46.6 Å². The molecule has 1 spiro atoms. The second kappa shape index (κ2) is 5.89. The van der Waals surface area contributed by atoms with Crippen molar-refractivity contribution in [2.75, 3.05) is 18.8 Å². The van der Waals surface area contributed by atoms with Gasteiger partial charge in [0, 0.05) is 29.7 Å². The number of rotatable bonds is 1. The third kappa shape index (κ3) is 2.38. The van der Waals surface area contributed by atoms with Gasteiger partial charge in [0.2, 0.25) is 11.6 Å². The van der Waals surface area contributed by atoms with Crippen molar-refractivity contribution in [2.24, 2.45) is 0 Å². The molecule has 0 saturated carbocycles. The first-order chi connectivity index (χ1) is 10.6. The maximum Gasteiger partial charge on any atom is 0.243 e. The van der Waals surface area contributed by atoms with Gasteiger partial charge in [0.15, 0.2) is 0 Å².